The molecule has 0 bridgehead atoms. The fourth-order valence-electron chi connectivity index (χ4n) is 2.13. The topological polar surface area (TPSA) is 104 Å². The SMILES string of the molecule is COc1cc(/C=C2/N=C(c3ccco3)OC2=O)cc(Br)c1OS(C)(=O)=O. The summed E-state index contributed by atoms with van der Waals surface area (Å²) in [7, 11) is -2.37. The molecule has 1 aromatic carbocycles. The number of aliphatic imine (C=N–C) groups is 1. The first kappa shape index (κ1) is 18.2. The van der Waals surface area contributed by atoms with Crippen LogP contribution in [0.2, 0.25) is 0 Å². The summed E-state index contributed by atoms with van der Waals surface area (Å²) in [5.74, 6) is -0.0705. The van der Waals surface area contributed by atoms with E-state index in [1.807, 2.05) is 0 Å². The molecule has 0 N–H and O–H groups in total. The van der Waals surface area contributed by atoms with E-state index in [2.05, 4.69) is 20.9 Å². The number of halogens is 1. The van der Waals surface area contributed by atoms with Gasteiger partial charge in [0.15, 0.2) is 23.0 Å². The lowest BCUT2D eigenvalue weighted by molar-refractivity contribution is -0.130. The Labute approximate surface area is 157 Å². The number of hydrogen-bond donors (Lipinski definition) is 0. The number of furan rings is 1. The van der Waals surface area contributed by atoms with Crippen molar-refractivity contribution >= 4 is 44.0 Å². The van der Waals surface area contributed by atoms with Crippen LogP contribution in [0, 0.1) is 0 Å². The van der Waals surface area contributed by atoms with Crippen LogP contribution in [0.5, 0.6) is 11.5 Å². The van der Waals surface area contributed by atoms with Crippen LogP contribution in [-0.4, -0.2) is 33.7 Å². The van der Waals surface area contributed by atoms with E-state index in [-0.39, 0.29) is 23.1 Å². The lowest BCUT2D eigenvalue weighted by Crippen LogP contribution is -2.07. The molecular formula is C16H12BrNO7S. The zero-order valence-electron chi connectivity index (χ0n) is 13.6. The smallest absolute Gasteiger partial charge is 0.363 e. The van der Waals surface area contributed by atoms with Crippen LogP contribution < -0.4 is 8.92 Å². The summed E-state index contributed by atoms with van der Waals surface area (Å²) >= 11 is 3.23. The third-order valence-electron chi connectivity index (χ3n) is 3.14. The summed E-state index contributed by atoms with van der Waals surface area (Å²) in [6, 6.07) is 6.33. The molecule has 2 heterocycles. The fraction of sp³-hybridized carbons (Fsp3) is 0.125. The quantitative estimate of drug-likeness (QED) is 0.398. The van der Waals surface area contributed by atoms with E-state index in [9.17, 15) is 13.2 Å². The number of hydrogen-bond acceptors (Lipinski definition) is 8. The number of methoxy groups -OCH3 is 1. The molecular weight excluding hydrogens is 430 g/mol. The van der Waals surface area contributed by atoms with Gasteiger partial charge in [0.1, 0.15) is 0 Å². The first-order chi connectivity index (χ1) is 12.3. The van der Waals surface area contributed by atoms with Gasteiger partial charge >= 0.3 is 16.1 Å². The number of carbonyl (C=O) groups excluding carboxylic acids is 1. The summed E-state index contributed by atoms with van der Waals surface area (Å²) in [5, 5.41) is 0. The van der Waals surface area contributed by atoms with Crippen molar-refractivity contribution in [2.24, 2.45) is 4.99 Å². The first-order valence-electron chi connectivity index (χ1n) is 7.10. The van der Waals surface area contributed by atoms with Crippen molar-refractivity contribution in [2.45, 2.75) is 0 Å². The summed E-state index contributed by atoms with van der Waals surface area (Å²) in [6.45, 7) is 0. The van der Waals surface area contributed by atoms with Gasteiger partial charge in [0.05, 0.1) is 24.1 Å². The normalized spacial score (nSPS) is 15.7. The Kier molecular flexibility index (Phi) is 4.88. The van der Waals surface area contributed by atoms with E-state index in [0.717, 1.165) is 6.26 Å². The number of benzene rings is 1. The molecule has 1 aliphatic heterocycles. The number of nitrogens with zero attached hydrogens (tertiary/aromatic N) is 1. The van der Waals surface area contributed by atoms with Gasteiger partial charge in [-0.2, -0.15) is 8.42 Å². The third-order valence-corrected chi connectivity index (χ3v) is 4.20. The maximum absolute atomic E-state index is 12.0. The number of carbonyl (C=O) groups is 1. The predicted molar refractivity (Wildman–Crippen MR) is 95.5 cm³/mol. The van der Waals surface area contributed by atoms with Gasteiger partial charge in [-0.15, -0.1) is 0 Å². The van der Waals surface area contributed by atoms with E-state index in [1.165, 1.54) is 25.5 Å². The molecule has 8 nitrogen and oxygen atoms in total. The van der Waals surface area contributed by atoms with Crippen LogP contribution in [-0.2, 0) is 19.6 Å². The average molecular weight is 442 g/mol. The van der Waals surface area contributed by atoms with E-state index < -0.39 is 16.1 Å². The molecule has 0 unspecified atom stereocenters. The van der Waals surface area contributed by atoms with E-state index in [1.54, 1.807) is 18.2 Å². The van der Waals surface area contributed by atoms with Gasteiger partial charge in [-0.05, 0) is 51.8 Å². The van der Waals surface area contributed by atoms with Gasteiger partial charge in [-0.3, -0.25) is 0 Å². The van der Waals surface area contributed by atoms with Gasteiger partial charge in [-0.25, -0.2) is 9.79 Å². The molecule has 0 radical (unpaired) electrons. The highest BCUT2D eigenvalue weighted by Crippen LogP contribution is 2.38. The standard InChI is InChI=1S/C16H12BrNO7S/c1-22-13-8-9(6-10(17)14(13)25-26(2,20)21)7-11-16(19)24-15(18-11)12-4-3-5-23-12/h3-8H,1-2H3/b11-7+. The summed E-state index contributed by atoms with van der Waals surface area (Å²) < 4.78 is 43.4. The predicted octanol–water partition coefficient (Wildman–Crippen LogP) is 2.73. The summed E-state index contributed by atoms with van der Waals surface area (Å²) in [6.07, 6.45) is 3.83. The lowest BCUT2D eigenvalue weighted by Gasteiger charge is -2.11. The number of rotatable bonds is 5. The van der Waals surface area contributed by atoms with Crippen molar-refractivity contribution in [3.63, 3.8) is 0 Å². The van der Waals surface area contributed by atoms with Crippen molar-refractivity contribution in [1.29, 1.82) is 0 Å². The molecule has 0 saturated heterocycles. The minimum absolute atomic E-state index is 0.00549. The van der Waals surface area contributed by atoms with Crippen molar-refractivity contribution in [3.8, 4) is 11.5 Å². The highest BCUT2D eigenvalue weighted by Gasteiger charge is 2.26. The van der Waals surface area contributed by atoms with Gasteiger partial charge in [0.2, 0.25) is 0 Å². The van der Waals surface area contributed by atoms with Crippen molar-refractivity contribution in [2.75, 3.05) is 13.4 Å². The van der Waals surface area contributed by atoms with Crippen LogP contribution in [0.1, 0.15) is 11.3 Å². The van der Waals surface area contributed by atoms with Gasteiger partial charge in [0, 0.05) is 0 Å². The van der Waals surface area contributed by atoms with Crippen molar-refractivity contribution in [1.82, 2.24) is 0 Å². The number of ether oxygens (including phenoxy) is 2. The highest BCUT2D eigenvalue weighted by atomic mass is 79.9. The Balaban J connectivity index is 1.98. The summed E-state index contributed by atoms with van der Waals surface area (Å²) in [5.41, 5.74) is 0.577. The number of esters is 1. The molecule has 10 heteroatoms. The van der Waals surface area contributed by atoms with Crippen LogP contribution in [0.4, 0.5) is 0 Å². The van der Waals surface area contributed by atoms with Crippen LogP contribution in [0.25, 0.3) is 6.08 Å². The largest absolute Gasteiger partial charge is 0.493 e. The van der Waals surface area contributed by atoms with E-state index in [0.29, 0.717) is 15.8 Å². The Morgan fingerprint density at radius 3 is 2.69 bits per heavy atom. The second-order valence-electron chi connectivity index (χ2n) is 5.13. The molecule has 1 aromatic heterocycles. The van der Waals surface area contributed by atoms with Gasteiger partial charge in [-0.1, -0.05) is 0 Å². The molecule has 26 heavy (non-hydrogen) atoms. The average Bonchev–Trinajstić information content (AvgIpc) is 3.19. The van der Waals surface area contributed by atoms with Crippen LogP contribution in [0.15, 0.2) is 50.1 Å². The second-order valence-corrected chi connectivity index (χ2v) is 7.56. The van der Waals surface area contributed by atoms with E-state index in [4.69, 9.17) is 18.1 Å². The maximum Gasteiger partial charge on any atom is 0.363 e. The monoisotopic (exact) mass is 441 g/mol. The van der Waals surface area contributed by atoms with Crippen molar-refractivity contribution in [3.05, 3.63) is 52.0 Å². The minimum atomic E-state index is -3.74. The van der Waals surface area contributed by atoms with Crippen molar-refractivity contribution < 1.29 is 31.3 Å². The lowest BCUT2D eigenvalue weighted by atomic mass is 10.1. The summed E-state index contributed by atoms with van der Waals surface area (Å²) in [4.78, 5) is 16.1. The molecule has 0 aliphatic carbocycles. The minimum Gasteiger partial charge on any atom is -0.493 e. The molecule has 0 atom stereocenters. The van der Waals surface area contributed by atoms with E-state index >= 15 is 0 Å². The second kappa shape index (κ2) is 6.96. The van der Waals surface area contributed by atoms with Gasteiger partial charge in [0.25, 0.3) is 5.90 Å². The van der Waals surface area contributed by atoms with Crippen LogP contribution >= 0.6 is 15.9 Å². The molecule has 0 fully saturated rings. The van der Waals surface area contributed by atoms with Gasteiger partial charge < -0.3 is 18.1 Å². The third kappa shape index (κ3) is 3.97. The Morgan fingerprint density at radius 2 is 2.08 bits per heavy atom. The Hall–Kier alpha value is -2.59. The maximum atomic E-state index is 12.0. The zero-order valence-corrected chi connectivity index (χ0v) is 16.0. The van der Waals surface area contributed by atoms with Crippen LogP contribution in [0.3, 0.4) is 0 Å². The molecule has 136 valence electrons. The molecule has 0 spiro atoms. The Morgan fingerprint density at radius 1 is 1.31 bits per heavy atom. The highest BCUT2D eigenvalue weighted by molar-refractivity contribution is 9.10. The molecule has 2 aromatic rings. The molecule has 1 aliphatic rings. The first-order valence-corrected chi connectivity index (χ1v) is 9.71. The molecule has 3 rings (SSSR count). The Bertz CT molecular complexity index is 1020. The molecule has 0 saturated carbocycles. The number of cyclic esters (lactones) is 1. The fourth-order valence-corrected chi connectivity index (χ4v) is 3.25. The zero-order chi connectivity index (χ0) is 18.9. The molecule has 0 amide bonds.